The third-order valence-corrected chi connectivity index (χ3v) is 4.46. The van der Waals surface area contributed by atoms with Crippen LogP contribution in [0, 0.1) is 10.1 Å². The van der Waals surface area contributed by atoms with Gasteiger partial charge < -0.3 is 14.7 Å². The van der Waals surface area contributed by atoms with Gasteiger partial charge in [-0.05, 0) is 42.0 Å². The van der Waals surface area contributed by atoms with Crippen molar-refractivity contribution in [3.05, 3.63) is 75.3 Å². The molecule has 8 heteroatoms. The first kappa shape index (κ1) is 18.1. The van der Waals surface area contributed by atoms with Crippen LogP contribution in [0.4, 0.5) is 5.69 Å². The number of likely N-dealkylation sites (tertiary alicyclic amines) is 1. The Kier molecular flexibility index (Phi) is 4.64. The summed E-state index contributed by atoms with van der Waals surface area (Å²) in [6.45, 7) is 0. The number of hydrogen-bond acceptors (Lipinski definition) is 6. The average molecular weight is 368 g/mol. The number of methoxy groups -OCH3 is 1. The second-order valence-electron chi connectivity index (χ2n) is 5.99. The number of non-ortho nitro benzene ring substituents is 1. The van der Waals surface area contributed by atoms with Gasteiger partial charge in [0.15, 0.2) is 0 Å². The SMILES string of the molecule is COc1ccc(C(O)=C2C(=O)C(=O)N(C)[C@H]2c2ccc([N+](=O)[O-])cc2)cc1. The quantitative estimate of drug-likeness (QED) is 0.292. The van der Waals surface area contributed by atoms with Gasteiger partial charge in [-0.1, -0.05) is 0 Å². The van der Waals surface area contributed by atoms with Crippen LogP contribution >= 0.6 is 0 Å². The molecular weight excluding hydrogens is 352 g/mol. The third-order valence-electron chi connectivity index (χ3n) is 4.46. The van der Waals surface area contributed by atoms with E-state index < -0.39 is 22.7 Å². The highest BCUT2D eigenvalue weighted by molar-refractivity contribution is 6.46. The van der Waals surface area contributed by atoms with E-state index >= 15 is 0 Å². The smallest absolute Gasteiger partial charge is 0.295 e. The predicted molar refractivity (Wildman–Crippen MR) is 96.2 cm³/mol. The molecule has 0 aromatic heterocycles. The normalized spacial score (nSPS) is 18.6. The highest BCUT2D eigenvalue weighted by Gasteiger charge is 2.44. The molecule has 0 radical (unpaired) electrons. The lowest BCUT2D eigenvalue weighted by Gasteiger charge is -2.20. The van der Waals surface area contributed by atoms with E-state index in [-0.39, 0.29) is 17.0 Å². The molecule has 2 aromatic carbocycles. The first-order valence-corrected chi connectivity index (χ1v) is 7.98. The summed E-state index contributed by atoms with van der Waals surface area (Å²) in [5, 5.41) is 21.5. The number of benzene rings is 2. The van der Waals surface area contributed by atoms with Crippen molar-refractivity contribution in [3.8, 4) is 5.75 Å². The summed E-state index contributed by atoms with van der Waals surface area (Å²) in [5.74, 6) is -1.30. The first-order valence-electron chi connectivity index (χ1n) is 7.98. The lowest BCUT2D eigenvalue weighted by molar-refractivity contribution is -0.384. The molecule has 0 bridgehead atoms. The van der Waals surface area contributed by atoms with Gasteiger partial charge in [0.25, 0.3) is 17.4 Å². The Labute approximate surface area is 154 Å². The number of hydrogen-bond donors (Lipinski definition) is 1. The molecule has 0 spiro atoms. The van der Waals surface area contributed by atoms with E-state index in [1.54, 1.807) is 24.3 Å². The number of nitrogens with zero attached hydrogens (tertiary/aromatic N) is 2. The van der Waals surface area contributed by atoms with Gasteiger partial charge >= 0.3 is 0 Å². The second-order valence-corrected chi connectivity index (χ2v) is 5.99. The van der Waals surface area contributed by atoms with Gasteiger partial charge in [0.05, 0.1) is 23.6 Å². The van der Waals surface area contributed by atoms with Crippen molar-refractivity contribution in [3.63, 3.8) is 0 Å². The number of ether oxygens (including phenoxy) is 1. The minimum absolute atomic E-state index is 0.0680. The first-order chi connectivity index (χ1) is 12.8. The van der Waals surface area contributed by atoms with Crippen LogP contribution in [0.25, 0.3) is 5.76 Å². The number of nitro groups is 1. The Morgan fingerprint density at radius 3 is 2.22 bits per heavy atom. The minimum Gasteiger partial charge on any atom is -0.507 e. The van der Waals surface area contributed by atoms with Crippen LogP contribution in [0.2, 0.25) is 0 Å². The van der Waals surface area contributed by atoms with E-state index in [1.165, 1.54) is 43.3 Å². The molecule has 1 heterocycles. The van der Waals surface area contributed by atoms with Crippen molar-refractivity contribution in [2.45, 2.75) is 6.04 Å². The maximum atomic E-state index is 12.5. The van der Waals surface area contributed by atoms with Gasteiger partial charge in [0, 0.05) is 24.7 Å². The van der Waals surface area contributed by atoms with Gasteiger partial charge in [-0.2, -0.15) is 0 Å². The zero-order valence-corrected chi connectivity index (χ0v) is 14.6. The summed E-state index contributed by atoms with van der Waals surface area (Å²) in [7, 11) is 2.95. The molecule has 1 amide bonds. The topological polar surface area (TPSA) is 110 Å². The lowest BCUT2D eigenvalue weighted by atomic mass is 9.95. The van der Waals surface area contributed by atoms with Crippen molar-refractivity contribution in [2.75, 3.05) is 14.2 Å². The number of carbonyl (C=O) groups excluding carboxylic acids is 2. The minimum atomic E-state index is -0.840. The zero-order chi connectivity index (χ0) is 19.7. The predicted octanol–water partition coefficient (Wildman–Crippen LogP) is 2.65. The standard InChI is InChI=1S/C19H16N2O6/c1-20-16(11-3-7-13(8-4-11)21(25)26)15(18(23)19(20)24)17(22)12-5-9-14(27-2)10-6-12/h3-10,16,22H,1-2H3/t16-/m0/s1. The number of Topliss-reactive ketones (excluding diaryl/α,β-unsaturated/α-hetero) is 1. The molecule has 1 saturated heterocycles. The monoisotopic (exact) mass is 368 g/mol. The Bertz CT molecular complexity index is 947. The van der Waals surface area contributed by atoms with Crippen LogP contribution in [0.1, 0.15) is 17.2 Å². The van der Waals surface area contributed by atoms with E-state index in [9.17, 15) is 24.8 Å². The lowest BCUT2D eigenvalue weighted by Crippen LogP contribution is -2.24. The van der Waals surface area contributed by atoms with E-state index in [0.717, 1.165) is 0 Å². The van der Waals surface area contributed by atoms with Gasteiger partial charge in [0.2, 0.25) is 0 Å². The summed E-state index contributed by atoms with van der Waals surface area (Å²) >= 11 is 0. The Morgan fingerprint density at radius 1 is 1.11 bits per heavy atom. The molecule has 3 rings (SSSR count). The van der Waals surface area contributed by atoms with Crippen molar-refractivity contribution in [1.29, 1.82) is 0 Å². The van der Waals surface area contributed by atoms with Crippen molar-refractivity contribution in [2.24, 2.45) is 0 Å². The van der Waals surface area contributed by atoms with E-state index in [1.807, 2.05) is 0 Å². The molecule has 0 aliphatic carbocycles. The zero-order valence-electron chi connectivity index (χ0n) is 14.6. The van der Waals surface area contributed by atoms with Crippen LogP contribution in [0.15, 0.2) is 54.1 Å². The van der Waals surface area contributed by atoms with E-state index in [4.69, 9.17) is 4.74 Å². The molecule has 1 fully saturated rings. The number of aliphatic hydroxyl groups excluding tert-OH is 1. The number of rotatable bonds is 4. The molecule has 1 aliphatic rings. The molecule has 27 heavy (non-hydrogen) atoms. The van der Waals surface area contributed by atoms with Gasteiger partial charge in [-0.15, -0.1) is 0 Å². The van der Waals surface area contributed by atoms with E-state index in [2.05, 4.69) is 0 Å². The molecule has 1 atom stereocenters. The Morgan fingerprint density at radius 2 is 1.70 bits per heavy atom. The maximum Gasteiger partial charge on any atom is 0.295 e. The van der Waals surface area contributed by atoms with Crippen LogP contribution in [-0.4, -0.2) is 40.8 Å². The van der Waals surface area contributed by atoms with Crippen molar-refractivity contribution >= 4 is 23.1 Å². The molecule has 138 valence electrons. The number of likely N-dealkylation sites (N-methyl/N-ethyl adjacent to an activating group) is 1. The van der Waals surface area contributed by atoms with Crippen LogP contribution in [0.5, 0.6) is 5.75 Å². The van der Waals surface area contributed by atoms with Crippen LogP contribution in [0.3, 0.4) is 0 Å². The molecule has 1 aliphatic heterocycles. The number of amides is 1. The molecule has 1 N–H and O–H groups in total. The largest absolute Gasteiger partial charge is 0.507 e. The number of ketones is 1. The molecule has 2 aromatic rings. The number of aliphatic hydroxyl groups is 1. The van der Waals surface area contributed by atoms with Crippen LogP contribution in [-0.2, 0) is 9.59 Å². The Hall–Kier alpha value is -3.68. The average Bonchev–Trinajstić information content (AvgIpc) is 2.91. The summed E-state index contributed by atoms with van der Waals surface area (Å²) in [4.78, 5) is 36.2. The van der Waals surface area contributed by atoms with Gasteiger partial charge in [-0.25, -0.2) is 0 Å². The van der Waals surface area contributed by atoms with Gasteiger partial charge in [0.1, 0.15) is 11.5 Å². The fraction of sp³-hybridized carbons (Fsp3) is 0.158. The summed E-state index contributed by atoms with van der Waals surface area (Å²) in [6.07, 6.45) is 0. The molecule has 0 saturated carbocycles. The highest BCUT2D eigenvalue weighted by Crippen LogP contribution is 2.38. The summed E-state index contributed by atoms with van der Waals surface area (Å²) in [6, 6.07) is 11.1. The number of carbonyl (C=O) groups is 2. The summed E-state index contributed by atoms with van der Waals surface area (Å²) in [5.41, 5.74) is 0.662. The van der Waals surface area contributed by atoms with Crippen LogP contribution < -0.4 is 4.74 Å². The second kappa shape index (κ2) is 6.91. The molecular formula is C19H16N2O6. The Balaban J connectivity index is 2.10. The fourth-order valence-corrected chi connectivity index (χ4v) is 3.02. The molecule has 8 nitrogen and oxygen atoms in total. The summed E-state index contributed by atoms with van der Waals surface area (Å²) < 4.78 is 5.07. The third kappa shape index (κ3) is 3.12. The highest BCUT2D eigenvalue weighted by atomic mass is 16.6. The van der Waals surface area contributed by atoms with Gasteiger partial charge in [-0.3, -0.25) is 19.7 Å². The van der Waals surface area contributed by atoms with Crippen molar-refractivity contribution < 1.29 is 24.4 Å². The van der Waals surface area contributed by atoms with Crippen molar-refractivity contribution in [1.82, 2.24) is 4.90 Å². The fourth-order valence-electron chi connectivity index (χ4n) is 3.02. The molecule has 0 unspecified atom stereocenters. The van der Waals surface area contributed by atoms with E-state index in [0.29, 0.717) is 16.9 Å². The number of nitro benzene ring substituents is 1. The maximum absolute atomic E-state index is 12.5.